The van der Waals surface area contributed by atoms with Crippen LogP contribution >= 0.6 is 0 Å². The highest BCUT2D eigenvalue weighted by atomic mass is 16.3. The Hall–Kier alpha value is -0.120. The van der Waals surface area contributed by atoms with Crippen LogP contribution in [0.2, 0.25) is 0 Å². The van der Waals surface area contributed by atoms with Crippen molar-refractivity contribution < 1.29 is 5.11 Å². The Labute approximate surface area is 93.9 Å². The van der Waals surface area contributed by atoms with Gasteiger partial charge in [0.05, 0.1) is 6.10 Å². The molecule has 1 aliphatic carbocycles. The molecule has 1 atom stereocenters. The van der Waals surface area contributed by atoms with Gasteiger partial charge in [0, 0.05) is 19.6 Å². The molecule has 0 aromatic heterocycles. The molecule has 1 aliphatic rings. The Bertz CT molecular complexity index is 188. The predicted molar refractivity (Wildman–Crippen MR) is 63.9 cm³/mol. The molecule has 90 valence electrons. The average molecular weight is 214 g/mol. The van der Waals surface area contributed by atoms with E-state index in [-0.39, 0.29) is 6.10 Å². The van der Waals surface area contributed by atoms with Gasteiger partial charge in [-0.05, 0) is 38.3 Å². The van der Waals surface area contributed by atoms with Crippen molar-refractivity contribution in [3.05, 3.63) is 0 Å². The van der Waals surface area contributed by atoms with Gasteiger partial charge in [0.15, 0.2) is 0 Å². The van der Waals surface area contributed by atoms with Gasteiger partial charge >= 0.3 is 0 Å². The van der Waals surface area contributed by atoms with Crippen LogP contribution in [-0.2, 0) is 0 Å². The van der Waals surface area contributed by atoms with Crippen LogP contribution in [0, 0.1) is 11.3 Å². The third-order valence-corrected chi connectivity index (χ3v) is 3.55. The monoisotopic (exact) mass is 214 g/mol. The average Bonchev–Trinajstić information content (AvgIpc) is 2.83. The SMILES string of the molecule is CC(C)C1(CNCC(O)CN(C)C)CC1. The quantitative estimate of drug-likeness (QED) is 0.662. The third kappa shape index (κ3) is 4.09. The molecule has 1 fully saturated rings. The first-order chi connectivity index (χ1) is 6.96. The molecule has 0 amide bonds. The van der Waals surface area contributed by atoms with E-state index >= 15 is 0 Å². The summed E-state index contributed by atoms with van der Waals surface area (Å²) in [6, 6.07) is 0. The Kier molecular flexibility index (Phi) is 4.56. The number of hydrogen-bond acceptors (Lipinski definition) is 3. The first kappa shape index (κ1) is 12.9. The van der Waals surface area contributed by atoms with E-state index < -0.39 is 0 Å². The molecule has 1 rings (SSSR count). The van der Waals surface area contributed by atoms with Crippen molar-refractivity contribution in [3.63, 3.8) is 0 Å². The smallest absolute Gasteiger partial charge is 0.0791 e. The van der Waals surface area contributed by atoms with Gasteiger partial charge in [-0.2, -0.15) is 0 Å². The number of nitrogens with zero attached hydrogens (tertiary/aromatic N) is 1. The molecule has 0 aromatic rings. The molecule has 0 saturated heterocycles. The summed E-state index contributed by atoms with van der Waals surface area (Å²) in [6.07, 6.45) is 2.45. The minimum Gasteiger partial charge on any atom is -0.390 e. The molecule has 1 unspecified atom stereocenters. The van der Waals surface area contributed by atoms with Crippen LogP contribution in [0.4, 0.5) is 0 Å². The summed E-state index contributed by atoms with van der Waals surface area (Å²) in [5.41, 5.74) is 0.540. The number of likely N-dealkylation sites (N-methyl/N-ethyl adjacent to an activating group) is 1. The van der Waals surface area contributed by atoms with Crippen molar-refractivity contribution in [1.29, 1.82) is 0 Å². The van der Waals surface area contributed by atoms with E-state index in [2.05, 4.69) is 19.2 Å². The largest absolute Gasteiger partial charge is 0.390 e. The summed E-state index contributed by atoms with van der Waals surface area (Å²) in [7, 11) is 3.97. The maximum absolute atomic E-state index is 9.67. The van der Waals surface area contributed by atoms with Gasteiger partial charge in [-0.3, -0.25) is 0 Å². The van der Waals surface area contributed by atoms with Crippen molar-refractivity contribution in [2.75, 3.05) is 33.7 Å². The molecule has 0 bridgehead atoms. The molecule has 3 heteroatoms. The first-order valence-electron chi connectivity index (χ1n) is 6.00. The van der Waals surface area contributed by atoms with Crippen LogP contribution in [0.3, 0.4) is 0 Å². The van der Waals surface area contributed by atoms with Crippen molar-refractivity contribution >= 4 is 0 Å². The standard InChI is InChI=1S/C12H26N2O/c1-10(2)12(5-6-12)9-13-7-11(15)8-14(3)4/h10-11,13,15H,5-9H2,1-4H3. The maximum atomic E-state index is 9.67. The Morgan fingerprint density at radius 1 is 1.33 bits per heavy atom. The van der Waals surface area contributed by atoms with E-state index in [4.69, 9.17) is 0 Å². The molecule has 15 heavy (non-hydrogen) atoms. The van der Waals surface area contributed by atoms with Gasteiger partial charge in [-0.15, -0.1) is 0 Å². The van der Waals surface area contributed by atoms with Gasteiger partial charge < -0.3 is 15.3 Å². The van der Waals surface area contributed by atoms with Crippen LogP contribution < -0.4 is 5.32 Å². The van der Waals surface area contributed by atoms with Crippen LogP contribution in [0.15, 0.2) is 0 Å². The third-order valence-electron chi connectivity index (χ3n) is 3.55. The van der Waals surface area contributed by atoms with Gasteiger partial charge in [-0.25, -0.2) is 0 Å². The fraction of sp³-hybridized carbons (Fsp3) is 1.00. The highest BCUT2D eigenvalue weighted by molar-refractivity contribution is 4.97. The summed E-state index contributed by atoms with van der Waals surface area (Å²) in [4.78, 5) is 2.02. The molecule has 0 heterocycles. The molecule has 2 N–H and O–H groups in total. The van der Waals surface area contributed by atoms with E-state index in [1.54, 1.807) is 0 Å². The Morgan fingerprint density at radius 2 is 1.93 bits per heavy atom. The Morgan fingerprint density at radius 3 is 2.33 bits per heavy atom. The fourth-order valence-corrected chi connectivity index (χ4v) is 2.09. The summed E-state index contributed by atoms with van der Waals surface area (Å²) in [5, 5.41) is 13.1. The first-order valence-corrected chi connectivity index (χ1v) is 6.00. The minimum absolute atomic E-state index is 0.247. The van der Waals surface area contributed by atoms with Crippen molar-refractivity contribution in [1.82, 2.24) is 10.2 Å². The lowest BCUT2D eigenvalue weighted by atomic mass is 9.92. The second kappa shape index (κ2) is 5.28. The molecule has 0 aliphatic heterocycles. The zero-order valence-corrected chi connectivity index (χ0v) is 10.6. The summed E-state index contributed by atoms with van der Waals surface area (Å²) in [5.74, 6) is 0.760. The molecule has 0 aromatic carbocycles. The molecule has 1 saturated carbocycles. The highest BCUT2D eigenvalue weighted by Gasteiger charge is 2.44. The van der Waals surface area contributed by atoms with Crippen LogP contribution in [0.5, 0.6) is 0 Å². The molecule has 0 spiro atoms. The topological polar surface area (TPSA) is 35.5 Å². The van der Waals surface area contributed by atoms with E-state index in [0.29, 0.717) is 12.0 Å². The fourth-order valence-electron chi connectivity index (χ4n) is 2.09. The maximum Gasteiger partial charge on any atom is 0.0791 e. The number of nitrogens with one attached hydrogen (secondary N) is 1. The highest BCUT2D eigenvalue weighted by Crippen LogP contribution is 2.51. The minimum atomic E-state index is -0.247. The lowest BCUT2D eigenvalue weighted by Crippen LogP contribution is -2.38. The second-order valence-corrected chi connectivity index (χ2v) is 5.56. The summed E-state index contributed by atoms with van der Waals surface area (Å²) in [6.45, 7) is 7.11. The van der Waals surface area contributed by atoms with E-state index in [9.17, 15) is 5.11 Å². The van der Waals surface area contributed by atoms with Gasteiger partial charge in [-0.1, -0.05) is 13.8 Å². The molecular formula is C12H26N2O. The van der Waals surface area contributed by atoms with Crippen molar-refractivity contribution in [2.24, 2.45) is 11.3 Å². The number of aliphatic hydroxyl groups excluding tert-OH is 1. The molecular weight excluding hydrogens is 188 g/mol. The van der Waals surface area contributed by atoms with E-state index in [1.165, 1.54) is 12.8 Å². The van der Waals surface area contributed by atoms with Gasteiger partial charge in [0.1, 0.15) is 0 Å². The number of rotatable bonds is 7. The van der Waals surface area contributed by atoms with Crippen molar-refractivity contribution in [2.45, 2.75) is 32.8 Å². The zero-order valence-electron chi connectivity index (χ0n) is 10.6. The van der Waals surface area contributed by atoms with Crippen LogP contribution in [-0.4, -0.2) is 49.8 Å². The molecule has 0 radical (unpaired) electrons. The van der Waals surface area contributed by atoms with Crippen LogP contribution in [0.25, 0.3) is 0 Å². The normalized spacial score (nSPS) is 21.0. The lowest BCUT2D eigenvalue weighted by molar-refractivity contribution is 0.131. The van der Waals surface area contributed by atoms with E-state index in [0.717, 1.165) is 19.0 Å². The van der Waals surface area contributed by atoms with Gasteiger partial charge in [0.25, 0.3) is 0 Å². The van der Waals surface area contributed by atoms with Crippen LogP contribution in [0.1, 0.15) is 26.7 Å². The lowest BCUT2D eigenvalue weighted by Gasteiger charge is -2.22. The predicted octanol–water partition coefficient (Wildman–Crippen LogP) is 0.935. The van der Waals surface area contributed by atoms with E-state index in [1.807, 2.05) is 19.0 Å². The summed E-state index contributed by atoms with van der Waals surface area (Å²) < 4.78 is 0. The van der Waals surface area contributed by atoms with Gasteiger partial charge in [0.2, 0.25) is 0 Å². The summed E-state index contributed by atoms with van der Waals surface area (Å²) >= 11 is 0. The number of hydrogen-bond donors (Lipinski definition) is 2. The Balaban J connectivity index is 2.11. The van der Waals surface area contributed by atoms with Crippen molar-refractivity contribution in [3.8, 4) is 0 Å². The number of aliphatic hydroxyl groups is 1. The molecule has 3 nitrogen and oxygen atoms in total. The second-order valence-electron chi connectivity index (χ2n) is 5.56. The zero-order chi connectivity index (χ0) is 11.5.